The lowest BCUT2D eigenvalue weighted by molar-refractivity contribution is 0.0696. The maximum atomic E-state index is 11.7. The summed E-state index contributed by atoms with van der Waals surface area (Å²) in [4.78, 5) is 22.4. The van der Waals surface area contributed by atoms with Crippen LogP contribution in [0.25, 0.3) is 0 Å². The van der Waals surface area contributed by atoms with Crippen molar-refractivity contribution in [3.05, 3.63) is 63.0 Å². The molecule has 6 heteroatoms. The van der Waals surface area contributed by atoms with Crippen LogP contribution in [0.2, 0.25) is 0 Å². The van der Waals surface area contributed by atoms with E-state index >= 15 is 0 Å². The number of halogens is 1. The summed E-state index contributed by atoms with van der Waals surface area (Å²) in [5, 5.41) is 8.77. The smallest absolute Gasteiger partial charge is 0.335 e. The molecule has 0 saturated heterocycles. The van der Waals surface area contributed by atoms with E-state index in [1.807, 2.05) is 24.3 Å². The molecule has 1 heterocycles. The van der Waals surface area contributed by atoms with Crippen molar-refractivity contribution >= 4 is 21.9 Å². The molecular formula is C14H12BrNO4. The molecule has 0 fully saturated rings. The van der Waals surface area contributed by atoms with Crippen LogP contribution in [-0.4, -0.2) is 22.2 Å². The zero-order chi connectivity index (χ0) is 14.5. The molecule has 0 aliphatic heterocycles. The van der Waals surface area contributed by atoms with Gasteiger partial charge in [-0.05, 0) is 30.3 Å². The number of aromatic nitrogens is 1. The van der Waals surface area contributed by atoms with E-state index in [0.717, 1.165) is 10.5 Å². The molecule has 0 unspecified atom stereocenters. The first-order chi connectivity index (χ1) is 9.56. The second-order valence-electron chi connectivity index (χ2n) is 4.05. The molecule has 0 radical (unpaired) electrons. The SMILES string of the molecule is O=C(O)c1ccn(CCOc2ccc(Br)cc2)c(=O)c1. The van der Waals surface area contributed by atoms with Crippen molar-refractivity contribution in [3.8, 4) is 5.75 Å². The van der Waals surface area contributed by atoms with Gasteiger partial charge in [0.1, 0.15) is 12.4 Å². The zero-order valence-corrected chi connectivity index (χ0v) is 12.0. The Labute approximate surface area is 123 Å². The molecule has 0 aliphatic carbocycles. The van der Waals surface area contributed by atoms with Gasteiger partial charge in [-0.3, -0.25) is 4.79 Å². The van der Waals surface area contributed by atoms with E-state index in [-0.39, 0.29) is 11.1 Å². The number of carboxylic acid groups (broad SMARTS) is 1. The zero-order valence-electron chi connectivity index (χ0n) is 10.5. The van der Waals surface area contributed by atoms with Crippen LogP contribution in [0.15, 0.2) is 51.9 Å². The Morgan fingerprint density at radius 1 is 1.25 bits per heavy atom. The molecule has 0 atom stereocenters. The van der Waals surface area contributed by atoms with Crippen molar-refractivity contribution in [1.82, 2.24) is 4.57 Å². The van der Waals surface area contributed by atoms with E-state index in [2.05, 4.69) is 15.9 Å². The van der Waals surface area contributed by atoms with Gasteiger partial charge in [0.25, 0.3) is 5.56 Å². The predicted octanol–water partition coefficient (Wildman–Crippen LogP) is 2.39. The highest BCUT2D eigenvalue weighted by Gasteiger charge is 2.05. The van der Waals surface area contributed by atoms with Gasteiger partial charge in [-0.1, -0.05) is 15.9 Å². The lowest BCUT2D eigenvalue weighted by Crippen LogP contribution is -2.23. The van der Waals surface area contributed by atoms with Crippen LogP contribution in [0.5, 0.6) is 5.75 Å². The Balaban J connectivity index is 1.96. The monoisotopic (exact) mass is 337 g/mol. The minimum Gasteiger partial charge on any atom is -0.492 e. The molecule has 104 valence electrons. The summed E-state index contributed by atoms with van der Waals surface area (Å²) in [5.41, 5.74) is -0.371. The van der Waals surface area contributed by atoms with Gasteiger partial charge >= 0.3 is 5.97 Å². The molecule has 0 bridgehead atoms. The number of benzene rings is 1. The standard InChI is InChI=1S/C14H12BrNO4/c15-11-1-3-12(4-2-11)20-8-7-16-6-5-10(14(18)19)9-13(16)17/h1-6,9H,7-8H2,(H,18,19). The molecule has 1 aromatic carbocycles. The van der Waals surface area contributed by atoms with E-state index < -0.39 is 5.97 Å². The van der Waals surface area contributed by atoms with Crippen LogP contribution in [0.1, 0.15) is 10.4 Å². The number of ether oxygens (including phenoxy) is 1. The number of aromatic carboxylic acids is 1. The summed E-state index contributed by atoms with van der Waals surface area (Å²) in [5.74, 6) is -0.399. The minimum atomic E-state index is -1.11. The van der Waals surface area contributed by atoms with E-state index in [1.54, 1.807) is 0 Å². The molecular weight excluding hydrogens is 326 g/mol. The number of pyridine rings is 1. The molecule has 0 aliphatic rings. The molecule has 2 aromatic rings. The van der Waals surface area contributed by atoms with Gasteiger partial charge in [0.15, 0.2) is 0 Å². The Morgan fingerprint density at radius 2 is 1.95 bits per heavy atom. The van der Waals surface area contributed by atoms with Crippen molar-refractivity contribution in [3.63, 3.8) is 0 Å². The molecule has 20 heavy (non-hydrogen) atoms. The van der Waals surface area contributed by atoms with Gasteiger partial charge in [0, 0.05) is 16.7 Å². The maximum absolute atomic E-state index is 11.7. The van der Waals surface area contributed by atoms with E-state index in [1.165, 1.54) is 16.8 Å². The van der Waals surface area contributed by atoms with Crippen molar-refractivity contribution in [1.29, 1.82) is 0 Å². The van der Waals surface area contributed by atoms with Crippen LogP contribution in [0.4, 0.5) is 0 Å². The van der Waals surface area contributed by atoms with Gasteiger partial charge in [-0.15, -0.1) is 0 Å². The highest BCUT2D eigenvalue weighted by Crippen LogP contribution is 2.15. The van der Waals surface area contributed by atoms with Gasteiger partial charge in [-0.25, -0.2) is 4.79 Å². The number of carboxylic acids is 1. The Kier molecular flexibility index (Phi) is 4.57. The number of carbonyl (C=O) groups is 1. The molecule has 2 rings (SSSR count). The fraction of sp³-hybridized carbons (Fsp3) is 0.143. The van der Waals surface area contributed by atoms with Crippen molar-refractivity contribution in [2.45, 2.75) is 6.54 Å². The van der Waals surface area contributed by atoms with Crippen LogP contribution in [0.3, 0.4) is 0 Å². The molecule has 0 saturated carbocycles. The number of hydrogen-bond acceptors (Lipinski definition) is 3. The summed E-state index contributed by atoms with van der Waals surface area (Å²) in [6.45, 7) is 0.683. The topological polar surface area (TPSA) is 68.5 Å². The molecule has 0 amide bonds. The van der Waals surface area contributed by atoms with Crippen molar-refractivity contribution in [2.24, 2.45) is 0 Å². The van der Waals surface area contributed by atoms with E-state index in [4.69, 9.17) is 9.84 Å². The van der Waals surface area contributed by atoms with Crippen LogP contribution < -0.4 is 10.3 Å². The van der Waals surface area contributed by atoms with Crippen LogP contribution in [0, 0.1) is 0 Å². The quantitative estimate of drug-likeness (QED) is 0.909. The first-order valence-electron chi connectivity index (χ1n) is 5.88. The third kappa shape index (κ3) is 3.71. The third-order valence-corrected chi connectivity index (χ3v) is 3.19. The van der Waals surface area contributed by atoms with Gasteiger partial charge in [-0.2, -0.15) is 0 Å². The number of nitrogens with zero attached hydrogens (tertiary/aromatic N) is 1. The normalized spacial score (nSPS) is 10.2. The summed E-state index contributed by atoms with van der Waals surface area (Å²) < 4.78 is 7.87. The van der Waals surface area contributed by atoms with Crippen molar-refractivity contribution < 1.29 is 14.6 Å². The third-order valence-electron chi connectivity index (χ3n) is 2.66. The fourth-order valence-corrected chi connectivity index (χ4v) is 1.88. The molecule has 0 spiro atoms. The van der Waals surface area contributed by atoms with Gasteiger partial charge < -0.3 is 14.4 Å². The van der Waals surface area contributed by atoms with Gasteiger partial charge in [0.05, 0.1) is 12.1 Å². The first-order valence-corrected chi connectivity index (χ1v) is 6.68. The second kappa shape index (κ2) is 6.38. The molecule has 5 nitrogen and oxygen atoms in total. The summed E-state index contributed by atoms with van der Waals surface area (Å²) >= 11 is 3.33. The summed E-state index contributed by atoms with van der Waals surface area (Å²) in [6.07, 6.45) is 1.46. The Morgan fingerprint density at radius 3 is 2.55 bits per heavy atom. The largest absolute Gasteiger partial charge is 0.492 e. The number of rotatable bonds is 5. The molecule has 1 aromatic heterocycles. The first kappa shape index (κ1) is 14.3. The lowest BCUT2D eigenvalue weighted by atomic mass is 10.3. The van der Waals surface area contributed by atoms with E-state index in [9.17, 15) is 9.59 Å². The second-order valence-corrected chi connectivity index (χ2v) is 4.97. The summed E-state index contributed by atoms with van der Waals surface area (Å²) in [6, 6.07) is 9.86. The van der Waals surface area contributed by atoms with Crippen LogP contribution in [-0.2, 0) is 6.54 Å². The Hall–Kier alpha value is -2.08. The average Bonchev–Trinajstić information content (AvgIpc) is 2.42. The van der Waals surface area contributed by atoms with Crippen molar-refractivity contribution in [2.75, 3.05) is 6.61 Å². The van der Waals surface area contributed by atoms with Gasteiger partial charge in [0.2, 0.25) is 0 Å². The lowest BCUT2D eigenvalue weighted by Gasteiger charge is -2.08. The highest BCUT2D eigenvalue weighted by molar-refractivity contribution is 9.10. The van der Waals surface area contributed by atoms with E-state index in [0.29, 0.717) is 18.9 Å². The molecule has 1 N–H and O–H groups in total. The predicted molar refractivity (Wildman–Crippen MR) is 77.3 cm³/mol. The minimum absolute atomic E-state index is 0.0138. The van der Waals surface area contributed by atoms with Crippen LogP contribution >= 0.6 is 15.9 Å². The maximum Gasteiger partial charge on any atom is 0.335 e. The average molecular weight is 338 g/mol. The highest BCUT2D eigenvalue weighted by atomic mass is 79.9. The fourth-order valence-electron chi connectivity index (χ4n) is 1.62. The number of hydrogen-bond donors (Lipinski definition) is 1. The summed E-state index contributed by atoms with van der Waals surface area (Å²) in [7, 11) is 0. The Bertz CT molecular complexity index is 664.